The number of H-pyrrole nitrogens is 1. The van der Waals surface area contributed by atoms with E-state index < -0.39 is 24.0 Å². The molecule has 1 heterocycles. The highest BCUT2D eigenvalue weighted by Crippen LogP contribution is 2.32. The molecule has 0 aliphatic rings. The van der Waals surface area contributed by atoms with Crippen LogP contribution in [0.2, 0.25) is 0 Å². The molecular weight excluding hydrogens is 386 g/mol. The van der Waals surface area contributed by atoms with Gasteiger partial charge in [-0.15, -0.1) is 0 Å². The zero-order valence-electron chi connectivity index (χ0n) is 16.7. The quantitative estimate of drug-likeness (QED) is 0.518. The van der Waals surface area contributed by atoms with Gasteiger partial charge in [-0.2, -0.15) is 0 Å². The number of urea groups is 1. The number of nitrogens with two attached hydrogens (primary N) is 1. The third-order valence-electron chi connectivity index (χ3n) is 4.70. The molecular formula is C22H23N3O5. The van der Waals surface area contributed by atoms with Crippen molar-refractivity contribution in [1.82, 2.24) is 10.3 Å². The Kier molecular flexibility index (Phi) is 6.36. The second-order valence-corrected chi connectivity index (χ2v) is 6.74. The molecule has 4 N–H and O–H groups in total. The molecule has 0 aliphatic heterocycles. The number of aryl methyl sites for hydroxylation is 1. The molecule has 0 saturated carbocycles. The molecule has 156 valence electrons. The molecule has 2 aromatic carbocycles. The average Bonchev–Trinajstić information content (AvgIpc) is 3.10. The van der Waals surface area contributed by atoms with Crippen LogP contribution in [0.15, 0.2) is 48.5 Å². The summed E-state index contributed by atoms with van der Waals surface area (Å²) >= 11 is 0. The lowest BCUT2D eigenvalue weighted by molar-refractivity contribution is -0.154. The Morgan fingerprint density at radius 2 is 1.80 bits per heavy atom. The first-order chi connectivity index (χ1) is 14.4. The van der Waals surface area contributed by atoms with E-state index in [-0.39, 0.29) is 6.42 Å². The van der Waals surface area contributed by atoms with Gasteiger partial charge in [0, 0.05) is 23.0 Å². The minimum Gasteiger partial charge on any atom is -0.497 e. The predicted octanol–water partition coefficient (Wildman–Crippen LogP) is 2.90. The van der Waals surface area contributed by atoms with Crippen molar-refractivity contribution >= 4 is 28.8 Å². The summed E-state index contributed by atoms with van der Waals surface area (Å²) in [5, 5.41) is 2.90. The van der Waals surface area contributed by atoms with E-state index in [2.05, 4.69) is 4.98 Å². The molecule has 3 rings (SSSR count). The van der Waals surface area contributed by atoms with Crippen LogP contribution >= 0.6 is 0 Å². The number of ether oxygens (including phenoxy) is 2. The van der Waals surface area contributed by atoms with Crippen molar-refractivity contribution in [2.24, 2.45) is 5.73 Å². The summed E-state index contributed by atoms with van der Waals surface area (Å²) in [6.07, 6.45) is -0.637. The number of carbonyl (C=O) groups is 3. The fraction of sp³-hybridized carbons (Fsp3) is 0.227. The average molecular weight is 409 g/mol. The van der Waals surface area contributed by atoms with Crippen molar-refractivity contribution in [3.8, 4) is 17.0 Å². The Balaban J connectivity index is 1.78. The van der Waals surface area contributed by atoms with E-state index in [0.717, 1.165) is 33.5 Å². The van der Waals surface area contributed by atoms with Crippen molar-refractivity contribution in [3.05, 3.63) is 54.1 Å². The third-order valence-corrected chi connectivity index (χ3v) is 4.70. The first-order valence-electron chi connectivity index (χ1n) is 9.43. The number of benzene rings is 2. The van der Waals surface area contributed by atoms with Gasteiger partial charge < -0.3 is 20.2 Å². The van der Waals surface area contributed by atoms with Gasteiger partial charge in [0.05, 0.1) is 7.11 Å². The number of hydrogen-bond acceptors (Lipinski definition) is 5. The number of primary amides is 1. The van der Waals surface area contributed by atoms with Gasteiger partial charge in [0.1, 0.15) is 5.75 Å². The lowest BCUT2D eigenvalue weighted by Crippen LogP contribution is -2.42. The number of carbonyl (C=O) groups excluding carboxylic acids is 3. The van der Waals surface area contributed by atoms with Crippen LogP contribution in [0, 0.1) is 0 Å². The zero-order valence-corrected chi connectivity index (χ0v) is 16.7. The second-order valence-electron chi connectivity index (χ2n) is 6.74. The number of hydrogen-bond donors (Lipinski definition) is 3. The Morgan fingerprint density at radius 3 is 2.47 bits per heavy atom. The number of aromatic amines is 1. The number of nitrogens with one attached hydrogen (secondary N) is 2. The van der Waals surface area contributed by atoms with Crippen LogP contribution in [0.5, 0.6) is 5.75 Å². The highest BCUT2D eigenvalue weighted by Gasteiger charge is 2.20. The summed E-state index contributed by atoms with van der Waals surface area (Å²) in [5.41, 5.74) is 8.71. The molecule has 0 fully saturated rings. The molecule has 8 nitrogen and oxygen atoms in total. The molecule has 1 aromatic heterocycles. The number of methoxy groups -OCH3 is 1. The molecule has 0 bridgehead atoms. The van der Waals surface area contributed by atoms with Gasteiger partial charge in [-0.3, -0.25) is 14.9 Å². The summed E-state index contributed by atoms with van der Waals surface area (Å²) in [6.45, 7) is 1.38. The maximum absolute atomic E-state index is 12.3. The molecule has 0 radical (unpaired) electrons. The van der Waals surface area contributed by atoms with Gasteiger partial charge in [0.2, 0.25) is 0 Å². The minimum atomic E-state index is -1.12. The number of imide groups is 1. The lowest BCUT2D eigenvalue weighted by atomic mass is 10.0. The van der Waals surface area contributed by atoms with Crippen LogP contribution in [0.4, 0.5) is 4.79 Å². The maximum Gasteiger partial charge on any atom is 0.318 e. The first-order valence-corrected chi connectivity index (χ1v) is 9.43. The maximum atomic E-state index is 12.3. The smallest absolute Gasteiger partial charge is 0.318 e. The Hall–Kier alpha value is -3.81. The molecule has 30 heavy (non-hydrogen) atoms. The van der Waals surface area contributed by atoms with Gasteiger partial charge in [0.25, 0.3) is 5.91 Å². The van der Waals surface area contributed by atoms with Crippen LogP contribution in [0.3, 0.4) is 0 Å². The van der Waals surface area contributed by atoms with Crippen LogP contribution in [0.25, 0.3) is 22.2 Å². The highest BCUT2D eigenvalue weighted by molar-refractivity contribution is 5.96. The Bertz CT molecular complexity index is 1070. The third kappa shape index (κ3) is 4.78. The number of rotatable bonds is 7. The van der Waals surface area contributed by atoms with Crippen molar-refractivity contribution < 1.29 is 23.9 Å². The first kappa shape index (κ1) is 20.9. The van der Waals surface area contributed by atoms with Crippen molar-refractivity contribution in [3.63, 3.8) is 0 Å². The Morgan fingerprint density at radius 1 is 1.10 bits per heavy atom. The fourth-order valence-electron chi connectivity index (χ4n) is 3.22. The van der Waals surface area contributed by atoms with Crippen molar-refractivity contribution in [2.45, 2.75) is 25.9 Å². The summed E-state index contributed by atoms with van der Waals surface area (Å²) < 4.78 is 10.3. The van der Waals surface area contributed by atoms with Crippen molar-refractivity contribution in [2.75, 3.05) is 7.11 Å². The monoisotopic (exact) mass is 409 g/mol. The van der Waals surface area contributed by atoms with E-state index in [4.69, 9.17) is 15.2 Å². The summed E-state index contributed by atoms with van der Waals surface area (Å²) in [7, 11) is 1.61. The topological polar surface area (TPSA) is 124 Å². The largest absolute Gasteiger partial charge is 0.497 e. The van der Waals surface area contributed by atoms with Crippen LogP contribution in [-0.4, -0.2) is 36.1 Å². The van der Waals surface area contributed by atoms with Gasteiger partial charge in [0.15, 0.2) is 6.10 Å². The lowest BCUT2D eigenvalue weighted by Gasteiger charge is -2.12. The SMILES string of the molecule is COc1ccc(-c2[nH]c3ccccc3c2CCC(=O)OC(C)C(=O)NC(N)=O)cc1. The van der Waals surface area contributed by atoms with E-state index in [0.29, 0.717) is 6.42 Å². The number of esters is 1. The summed E-state index contributed by atoms with van der Waals surface area (Å²) in [5.74, 6) is -0.557. The normalized spacial score (nSPS) is 11.7. The standard InChI is InChI=1S/C22H23N3O5/c1-13(21(27)25-22(23)28)30-19(26)12-11-17-16-5-3-4-6-18(16)24-20(17)14-7-9-15(29-2)10-8-14/h3-10,13,24H,11-12H2,1-2H3,(H3,23,25,27,28). The predicted molar refractivity (Wildman–Crippen MR) is 112 cm³/mol. The minimum absolute atomic E-state index is 0.0686. The fourth-order valence-corrected chi connectivity index (χ4v) is 3.22. The molecule has 0 saturated heterocycles. The van der Waals surface area contributed by atoms with Gasteiger partial charge in [-0.1, -0.05) is 18.2 Å². The molecule has 1 atom stereocenters. The zero-order chi connectivity index (χ0) is 21.7. The molecule has 8 heteroatoms. The van der Waals surface area contributed by atoms with E-state index in [1.54, 1.807) is 7.11 Å². The molecule has 3 aromatic rings. The van der Waals surface area contributed by atoms with Crippen LogP contribution in [-0.2, 0) is 20.7 Å². The van der Waals surface area contributed by atoms with E-state index in [1.807, 2.05) is 53.8 Å². The molecule has 0 aliphatic carbocycles. The summed E-state index contributed by atoms with van der Waals surface area (Å²) in [4.78, 5) is 38.1. The van der Waals surface area contributed by atoms with Crippen LogP contribution in [0.1, 0.15) is 18.9 Å². The number of amides is 3. The molecule has 3 amide bonds. The van der Waals surface area contributed by atoms with Crippen LogP contribution < -0.4 is 15.8 Å². The van der Waals surface area contributed by atoms with Gasteiger partial charge in [-0.05, 0) is 54.8 Å². The van der Waals surface area contributed by atoms with E-state index >= 15 is 0 Å². The van der Waals surface area contributed by atoms with Crippen molar-refractivity contribution in [1.29, 1.82) is 0 Å². The Labute approximate surface area is 173 Å². The second kappa shape index (κ2) is 9.13. The van der Waals surface area contributed by atoms with E-state index in [9.17, 15) is 14.4 Å². The molecule has 0 spiro atoms. The number of fused-ring (bicyclic) bond motifs is 1. The number of para-hydroxylation sites is 1. The van der Waals surface area contributed by atoms with E-state index in [1.165, 1.54) is 6.92 Å². The number of aromatic nitrogens is 1. The highest BCUT2D eigenvalue weighted by atomic mass is 16.5. The summed E-state index contributed by atoms with van der Waals surface area (Å²) in [6, 6.07) is 14.5. The molecule has 1 unspecified atom stereocenters. The van der Waals surface area contributed by atoms with Gasteiger partial charge >= 0.3 is 12.0 Å². The van der Waals surface area contributed by atoms with Gasteiger partial charge in [-0.25, -0.2) is 4.79 Å².